The Kier molecular flexibility index (Phi) is 8.31. The van der Waals surface area contributed by atoms with Gasteiger partial charge >= 0.3 is 0 Å². The second-order valence-corrected chi connectivity index (χ2v) is 15.2. The van der Waals surface area contributed by atoms with Gasteiger partial charge < -0.3 is 4.57 Å². The van der Waals surface area contributed by atoms with Crippen LogP contribution < -0.4 is 0 Å². The van der Waals surface area contributed by atoms with Crippen LogP contribution in [0.3, 0.4) is 0 Å². The van der Waals surface area contributed by atoms with Gasteiger partial charge in [-0.25, -0.2) is 19.9 Å². The first-order valence-corrected chi connectivity index (χ1v) is 20.6. The number of benzene rings is 8. The van der Waals surface area contributed by atoms with Crippen molar-refractivity contribution < 1.29 is 0 Å². The van der Waals surface area contributed by atoms with Crippen LogP contribution in [0.2, 0.25) is 0 Å². The number of hydrogen-bond donors (Lipinski definition) is 0. The summed E-state index contributed by atoms with van der Waals surface area (Å²) in [6, 6.07) is 70.4. The van der Waals surface area contributed by atoms with Crippen LogP contribution >= 0.6 is 0 Å². The van der Waals surface area contributed by atoms with E-state index >= 15 is 0 Å². The third-order valence-electron chi connectivity index (χ3n) is 11.4. The monoisotopic (exact) mass is 794 g/mol. The van der Waals surface area contributed by atoms with Crippen molar-refractivity contribution in [3.05, 3.63) is 206 Å². The molecule has 0 amide bonds. The van der Waals surface area contributed by atoms with E-state index in [4.69, 9.17) is 29.9 Å². The van der Waals surface area contributed by atoms with Crippen LogP contribution in [0.25, 0.3) is 112 Å². The van der Waals surface area contributed by atoms with Crippen LogP contribution in [0.5, 0.6) is 0 Å². The molecule has 4 aromatic heterocycles. The molecular formula is C54H34N8. The van der Waals surface area contributed by atoms with E-state index in [0.29, 0.717) is 35.1 Å². The summed E-state index contributed by atoms with van der Waals surface area (Å²) in [7, 11) is 0. The van der Waals surface area contributed by atoms with Gasteiger partial charge in [0.15, 0.2) is 29.1 Å². The van der Waals surface area contributed by atoms with Crippen LogP contribution in [-0.2, 0) is 0 Å². The molecule has 0 saturated heterocycles. The van der Waals surface area contributed by atoms with Crippen molar-refractivity contribution >= 4 is 43.6 Å². The average Bonchev–Trinajstić information content (AvgIpc) is 3.88. The van der Waals surface area contributed by atoms with Crippen molar-refractivity contribution in [3.63, 3.8) is 0 Å². The molecule has 8 heteroatoms. The number of hydrogen-bond acceptors (Lipinski definition) is 6. The molecule has 4 heterocycles. The van der Waals surface area contributed by atoms with Gasteiger partial charge in [-0.05, 0) is 30.3 Å². The van der Waals surface area contributed by atoms with Crippen LogP contribution in [0.4, 0.5) is 0 Å². The Morgan fingerprint density at radius 2 is 0.613 bits per heavy atom. The molecule has 8 aromatic carbocycles. The fraction of sp³-hybridized carbons (Fsp3) is 0. The Hall–Kier alpha value is -8.62. The molecule has 0 aliphatic rings. The predicted molar refractivity (Wildman–Crippen MR) is 249 cm³/mol. The third-order valence-corrected chi connectivity index (χ3v) is 11.4. The lowest BCUT2D eigenvalue weighted by molar-refractivity contribution is 0.953. The number of rotatable bonds is 7. The van der Waals surface area contributed by atoms with Gasteiger partial charge in [-0.15, -0.1) is 0 Å². The number of nitrogens with zero attached hydrogens (tertiary/aromatic N) is 8. The highest BCUT2D eigenvalue weighted by Crippen LogP contribution is 2.41. The van der Waals surface area contributed by atoms with Crippen molar-refractivity contribution in [2.45, 2.75) is 0 Å². The molecule has 0 atom stereocenters. The van der Waals surface area contributed by atoms with Gasteiger partial charge in [-0.1, -0.05) is 176 Å². The summed E-state index contributed by atoms with van der Waals surface area (Å²) in [5.74, 6) is 3.35. The summed E-state index contributed by atoms with van der Waals surface area (Å²) in [6.45, 7) is 0. The zero-order valence-corrected chi connectivity index (χ0v) is 33.2. The zero-order valence-electron chi connectivity index (χ0n) is 33.2. The number of aromatic nitrogens is 8. The third kappa shape index (κ3) is 5.92. The maximum absolute atomic E-state index is 5.38. The number of para-hydroxylation sites is 3. The summed E-state index contributed by atoms with van der Waals surface area (Å²) in [6.07, 6.45) is 0. The van der Waals surface area contributed by atoms with E-state index in [1.54, 1.807) is 0 Å². The summed E-state index contributed by atoms with van der Waals surface area (Å²) in [4.78, 5) is 30.8. The SMILES string of the molecule is c1ccc(-c2nc(-c3ccccc3)nc(-c3cccc(-c4nc(-c5ccccc5)nc(-n5c6ccccc6c6ccc7c8ccccc8n(-c8ccccc8)c7c65)n4)c3)n2)cc1. The molecule has 0 spiro atoms. The standard InChI is InChI=1S/C54H34N8/c1-5-18-35(19-6-1)49-55-50(36-20-7-2-8-21-36)57-52(56-49)38-24-17-25-39(34-38)53-58-51(37-22-9-3-10-23-37)59-54(60-53)62-46-31-16-14-29-42(46)44-33-32-43-41-28-13-15-30-45(41)61(47(43)48(44)62)40-26-11-4-12-27-40/h1-34H. The molecular weight excluding hydrogens is 761 g/mol. The Morgan fingerprint density at radius 3 is 1.11 bits per heavy atom. The molecule has 0 fully saturated rings. The normalized spacial score (nSPS) is 11.5. The summed E-state index contributed by atoms with van der Waals surface area (Å²) in [5, 5.41) is 4.54. The molecule has 12 rings (SSSR count). The lowest BCUT2D eigenvalue weighted by atomic mass is 10.1. The summed E-state index contributed by atoms with van der Waals surface area (Å²) >= 11 is 0. The maximum atomic E-state index is 5.38. The Bertz CT molecular complexity index is 3560. The molecule has 0 radical (unpaired) electrons. The Labute approximate surface area is 356 Å². The second kappa shape index (κ2) is 14.6. The molecule has 0 bridgehead atoms. The van der Waals surface area contributed by atoms with Gasteiger partial charge in [0.25, 0.3) is 0 Å². The molecule has 290 valence electrons. The Morgan fingerprint density at radius 1 is 0.258 bits per heavy atom. The van der Waals surface area contributed by atoms with E-state index in [1.807, 2.05) is 109 Å². The van der Waals surface area contributed by atoms with Gasteiger partial charge in [0, 0.05) is 55.0 Å². The first-order valence-electron chi connectivity index (χ1n) is 20.6. The Balaban J connectivity index is 1.12. The van der Waals surface area contributed by atoms with Crippen molar-refractivity contribution in [1.29, 1.82) is 0 Å². The quantitative estimate of drug-likeness (QED) is 0.160. The van der Waals surface area contributed by atoms with Gasteiger partial charge in [0.1, 0.15) is 0 Å². The molecule has 8 nitrogen and oxygen atoms in total. The van der Waals surface area contributed by atoms with Gasteiger partial charge in [-0.2, -0.15) is 9.97 Å². The van der Waals surface area contributed by atoms with Crippen molar-refractivity contribution in [1.82, 2.24) is 39.0 Å². The van der Waals surface area contributed by atoms with E-state index in [1.165, 1.54) is 5.39 Å². The molecule has 0 aliphatic heterocycles. The second-order valence-electron chi connectivity index (χ2n) is 15.2. The first kappa shape index (κ1) is 35.3. The van der Waals surface area contributed by atoms with Gasteiger partial charge in [0.2, 0.25) is 5.95 Å². The summed E-state index contributed by atoms with van der Waals surface area (Å²) < 4.78 is 4.59. The van der Waals surface area contributed by atoms with Crippen LogP contribution in [0, 0.1) is 0 Å². The lowest BCUT2D eigenvalue weighted by Gasteiger charge is -2.13. The van der Waals surface area contributed by atoms with Crippen LogP contribution in [0.15, 0.2) is 206 Å². The molecule has 0 N–H and O–H groups in total. The minimum atomic E-state index is 0.515. The van der Waals surface area contributed by atoms with Crippen LogP contribution in [0.1, 0.15) is 0 Å². The first-order chi connectivity index (χ1) is 30.7. The summed E-state index contributed by atoms with van der Waals surface area (Å²) in [5.41, 5.74) is 9.61. The van der Waals surface area contributed by atoms with E-state index < -0.39 is 0 Å². The molecule has 0 aliphatic carbocycles. The molecule has 12 aromatic rings. The van der Waals surface area contributed by atoms with E-state index in [2.05, 4.69) is 106 Å². The van der Waals surface area contributed by atoms with Gasteiger partial charge in [0.05, 0.1) is 22.1 Å². The smallest absolute Gasteiger partial charge is 0.238 e. The van der Waals surface area contributed by atoms with E-state index in [0.717, 1.165) is 71.7 Å². The highest BCUT2D eigenvalue weighted by atomic mass is 15.2. The fourth-order valence-electron chi connectivity index (χ4n) is 8.60. The zero-order chi connectivity index (χ0) is 41.0. The highest BCUT2D eigenvalue weighted by molar-refractivity contribution is 6.23. The minimum Gasteiger partial charge on any atom is -0.307 e. The minimum absolute atomic E-state index is 0.515. The molecule has 0 unspecified atom stereocenters. The van der Waals surface area contributed by atoms with E-state index in [9.17, 15) is 0 Å². The molecule has 62 heavy (non-hydrogen) atoms. The highest BCUT2D eigenvalue weighted by Gasteiger charge is 2.24. The largest absolute Gasteiger partial charge is 0.307 e. The van der Waals surface area contributed by atoms with E-state index in [-0.39, 0.29) is 0 Å². The predicted octanol–water partition coefficient (Wildman–Crippen LogP) is 12.6. The van der Waals surface area contributed by atoms with Gasteiger partial charge in [-0.3, -0.25) is 4.57 Å². The fourth-order valence-corrected chi connectivity index (χ4v) is 8.60. The number of fused-ring (bicyclic) bond motifs is 7. The average molecular weight is 795 g/mol. The topological polar surface area (TPSA) is 87.2 Å². The maximum Gasteiger partial charge on any atom is 0.238 e. The van der Waals surface area contributed by atoms with Crippen molar-refractivity contribution in [2.75, 3.05) is 0 Å². The van der Waals surface area contributed by atoms with Crippen molar-refractivity contribution in [3.8, 4) is 68.6 Å². The van der Waals surface area contributed by atoms with Crippen LogP contribution in [-0.4, -0.2) is 39.0 Å². The molecule has 0 saturated carbocycles. The lowest BCUT2D eigenvalue weighted by Crippen LogP contribution is -2.07. The van der Waals surface area contributed by atoms with Crippen molar-refractivity contribution in [2.24, 2.45) is 0 Å².